The number of hydrogen-bond acceptors (Lipinski definition) is 4. The first kappa shape index (κ1) is 12.4. The number of piperidine rings is 1. The van der Waals surface area contributed by atoms with Crippen LogP contribution in [0, 0.1) is 0 Å². The summed E-state index contributed by atoms with van der Waals surface area (Å²) in [6.07, 6.45) is 7.19. The molecule has 3 heterocycles. The third-order valence-corrected chi connectivity index (χ3v) is 4.25. The molecule has 0 aromatic carbocycles. The Morgan fingerprint density at radius 2 is 2.05 bits per heavy atom. The van der Waals surface area contributed by atoms with Crippen molar-refractivity contribution in [3.63, 3.8) is 0 Å². The first-order valence-corrected chi connectivity index (χ1v) is 7.33. The summed E-state index contributed by atoms with van der Waals surface area (Å²) in [7, 11) is 0. The molecular formula is C14H15N3OS. The number of hydrogen-bond donors (Lipinski definition) is 0. The second-order valence-corrected chi connectivity index (χ2v) is 5.62. The van der Waals surface area contributed by atoms with Gasteiger partial charge in [0.2, 0.25) is 0 Å². The van der Waals surface area contributed by atoms with E-state index >= 15 is 0 Å². The Morgan fingerprint density at radius 1 is 1.21 bits per heavy atom. The maximum Gasteiger partial charge on any atom is 0.286 e. The topological polar surface area (TPSA) is 45.6 Å². The number of rotatable bonds is 1. The Morgan fingerprint density at radius 3 is 2.79 bits per heavy atom. The zero-order valence-corrected chi connectivity index (χ0v) is 11.4. The third kappa shape index (κ3) is 2.87. The molecule has 3 rings (SSSR count). The standard InChI is InChI=1S/C14H15N3OS/c18-13-12(10-11-6-2-3-7-15-11)19-14(16-13)17-8-4-1-5-9-17/h2-3,6-7,10H,1,4-5,8-9H2. The molecule has 0 N–H and O–H groups in total. The van der Waals surface area contributed by atoms with Crippen LogP contribution in [-0.2, 0) is 4.79 Å². The highest BCUT2D eigenvalue weighted by Crippen LogP contribution is 2.30. The fourth-order valence-corrected chi connectivity index (χ4v) is 3.16. The van der Waals surface area contributed by atoms with Gasteiger partial charge in [0.1, 0.15) is 0 Å². The number of amides is 1. The lowest BCUT2D eigenvalue weighted by Crippen LogP contribution is -2.33. The van der Waals surface area contributed by atoms with Crippen molar-refractivity contribution in [1.29, 1.82) is 0 Å². The minimum atomic E-state index is -0.142. The Kier molecular flexibility index (Phi) is 3.64. The number of amidine groups is 1. The molecule has 2 aliphatic heterocycles. The average molecular weight is 273 g/mol. The first-order valence-electron chi connectivity index (χ1n) is 6.51. The number of likely N-dealkylation sites (tertiary alicyclic amines) is 1. The van der Waals surface area contributed by atoms with Crippen molar-refractivity contribution in [2.24, 2.45) is 4.99 Å². The summed E-state index contributed by atoms with van der Waals surface area (Å²) in [5.74, 6) is -0.142. The summed E-state index contributed by atoms with van der Waals surface area (Å²) in [6, 6.07) is 5.66. The fraction of sp³-hybridized carbons (Fsp3) is 0.357. The van der Waals surface area contributed by atoms with E-state index < -0.39 is 0 Å². The van der Waals surface area contributed by atoms with Crippen LogP contribution in [0.25, 0.3) is 6.08 Å². The summed E-state index contributed by atoms with van der Waals surface area (Å²) in [5.41, 5.74) is 0.799. The van der Waals surface area contributed by atoms with E-state index in [0.29, 0.717) is 4.91 Å². The molecule has 1 aromatic rings. The number of aliphatic imine (C=N–C) groups is 1. The van der Waals surface area contributed by atoms with Gasteiger partial charge in [0.15, 0.2) is 5.17 Å². The smallest absolute Gasteiger partial charge is 0.286 e. The minimum Gasteiger partial charge on any atom is -0.351 e. The van der Waals surface area contributed by atoms with Crippen LogP contribution in [-0.4, -0.2) is 34.0 Å². The molecule has 0 bridgehead atoms. The highest BCUT2D eigenvalue weighted by Gasteiger charge is 2.26. The van der Waals surface area contributed by atoms with Crippen LogP contribution in [0.15, 0.2) is 34.3 Å². The number of pyridine rings is 1. The lowest BCUT2D eigenvalue weighted by Gasteiger charge is -2.27. The van der Waals surface area contributed by atoms with Gasteiger partial charge in [0.05, 0.1) is 10.6 Å². The van der Waals surface area contributed by atoms with E-state index in [2.05, 4.69) is 14.9 Å². The van der Waals surface area contributed by atoms with Gasteiger partial charge in [-0.25, -0.2) is 0 Å². The fourth-order valence-electron chi connectivity index (χ4n) is 2.21. The highest BCUT2D eigenvalue weighted by molar-refractivity contribution is 8.18. The molecule has 1 fully saturated rings. The molecule has 0 atom stereocenters. The van der Waals surface area contributed by atoms with Crippen molar-refractivity contribution >= 4 is 28.9 Å². The van der Waals surface area contributed by atoms with Crippen LogP contribution < -0.4 is 0 Å². The second-order valence-electron chi connectivity index (χ2n) is 4.61. The van der Waals surface area contributed by atoms with E-state index in [0.717, 1.165) is 24.0 Å². The van der Waals surface area contributed by atoms with E-state index in [1.165, 1.54) is 31.0 Å². The lowest BCUT2D eigenvalue weighted by atomic mass is 10.1. The molecule has 98 valence electrons. The maximum absolute atomic E-state index is 11.9. The van der Waals surface area contributed by atoms with Gasteiger partial charge in [-0.2, -0.15) is 4.99 Å². The largest absolute Gasteiger partial charge is 0.351 e. The Bertz CT molecular complexity index is 533. The van der Waals surface area contributed by atoms with Crippen LogP contribution in [0.2, 0.25) is 0 Å². The summed E-state index contributed by atoms with van der Waals surface area (Å²) in [5, 5.41) is 0.854. The predicted molar refractivity (Wildman–Crippen MR) is 77.7 cm³/mol. The van der Waals surface area contributed by atoms with Gasteiger partial charge in [-0.1, -0.05) is 6.07 Å². The number of aromatic nitrogens is 1. The van der Waals surface area contributed by atoms with Gasteiger partial charge < -0.3 is 4.90 Å². The molecular weight excluding hydrogens is 258 g/mol. The van der Waals surface area contributed by atoms with Crippen molar-refractivity contribution < 1.29 is 4.79 Å². The maximum atomic E-state index is 11.9. The van der Waals surface area contributed by atoms with Crippen molar-refractivity contribution in [3.05, 3.63) is 35.0 Å². The van der Waals surface area contributed by atoms with Gasteiger partial charge in [-0.05, 0) is 49.2 Å². The predicted octanol–water partition coefficient (Wildman–Crippen LogP) is 2.54. The number of carbonyl (C=O) groups excluding carboxylic acids is 1. The van der Waals surface area contributed by atoms with Gasteiger partial charge in [0.25, 0.3) is 5.91 Å². The normalized spacial score (nSPS) is 21.9. The first-order chi connectivity index (χ1) is 9.33. The quantitative estimate of drug-likeness (QED) is 0.738. The minimum absolute atomic E-state index is 0.142. The Hall–Kier alpha value is -1.62. The molecule has 5 heteroatoms. The SMILES string of the molecule is O=C1N=C(N2CCCCC2)SC1=Cc1ccccn1. The molecule has 2 aliphatic rings. The summed E-state index contributed by atoms with van der Waals surface area (Å²) < 4.78 is 0. The average Bonchev–Trinajstić information content (AvgIpc) is 2.82. The van der Waals surface area contributed by atoms with Gasteiger partial charge >= 0.3 is 0 Å². The van der Waals surface area contributed by atoms with Gasteiger partial charge in [-0.15, -0.1) is 0 Å². The third-order valence-electron chi connectivity index (χ3n) is 3.20. The van der Waals surface area contributed by atoms with Crippen LogP contribution in [0.4, 0.5) is 0 Å². The molecule has 19 heavy (non-hydrogen) atoms. The summed E-state index contributed by atoms with van der Waals surface area (Å²) in [6.45, 7) is 2.02. The summed E-state index contributed by atoms with van der Waals surface area (Å²) >= 11 is 1.47. The van der Waals surface area contributed by atoms with Crippen LogP contribution in [0.3, 0.4) is 0 Å². The van der Waals surface area contributed by atoms with Crippen molar-refractivity contribution in [1.82, 2.24) is 9.88 Å². The van der Waals surface area contributed by atoms with Crippen LogP contribution in [0.1, 0.15) is 25.0 Å². The van der Waals surface area contributed by atoms with E-state index in [9.17, 15) is 4.79 Å². The Balaban J connectivity index is 1.74. The van der Waals surface area contributed by atoms with E-state index in [4.69, 9.17) is 0 Å². The molecule has 0 saturated carbocycles. The monoisotopic (exact) mass is 273 g/mol. The molecule has 1 amide bonds. The molecule has 1 aromatic heterocycles. The molecule has 0 aliphatic carbocycles. The Labute approximate surface area is 116 Å². The molecule has 0 radical (unpaired) electrons. The van der Waals surface area contributed by atoms with Crippen LogP contribution >= 0.6 is 11.8 Å². The lowest BCUT2D eigenvalue weighted by molar-refractivity contribution is -0.113. The summed E-state index contributed by atoms with van der Waals surface area (Å²) in [4.78, 5) is 23.1. The van der Waals surface area contributed by atoms with Gasteiger partial charge in [-0.3, -0.25) is 9.78 Å². The van der Waals surface area contributed by atoms with Crippen molar-refractivity contribution in [2.75, 3.05) is 13.1 Å². The number of thioether (sulfide) groups is 1. The van der Waals surface area contributed by atoms with Crippen molar-refractivity contribution in [2.45, 2.75) is 19.3 Å². The van der Waals surface area contributed by atoms with E-state index in [1.54, 1.807) is 6.20 Å². The van der Waals surface area contributed by atoms with E-state index in [-0.39, 0.29) is 5.91 Å². The van der Waals surface area contributed by atoms with Crippen LogP contribution in [0.5, 0.6) is 0 Å². The second kappa shape index (κ2) is 5.57. The number of carbonyl (C=O) groups is 1. The number of nitrogens with zero attached hydrogens (tertiary/aromatic N) is 3. The van der Waals surface area contributed by atoms with E-state index in [1.807, 2.05) is 24.3 Å². The molecule has 0 spiro atoms. The zero-order chi connectivity index (χ0) is 13.1. The molecule has 1 saturated heterocycles. The van der Waals surface area contributed by atoms with Crippen molar-refractivity contribution in [3.8, 4) is 0 Å². The molecule has 0 unspecified atom stereocenters. The highest BCUT2D eigenvalue weighted by atomic mass is 32.2. The van der Waals surface area contributed by atoms with Gasteiger partial charge in [0, 0.05) is 19.3 Å². The molecule has 4 nitrogen and oxygen atoms in total. The zero-order valence-electron chi connectivity index (χ0n) is 10.6.